The van der Waals surface area contributed by atoms with E-state index in [4.69, 9.17) is 0 Å². The predicted molar refractivity (Wildman–Crippen MR) is 118 cm³/mol. The molecule has 29 heavy (non-hydrogen) atoms. The van der Waals surface area contributed by atoms with E-state index in [0.717, 1.165) is 21.8 Å². The van der Waals surface area contributed by atoms with Crippen LogP contribution in [0.4, 0.5) is 11.5 Å². The maximum absolute atomic E-state index is 12.8. The number of anilines is 2. The third-order valence-corrected chi connectivity index (χ3v) is 5.58. The highest BCUT2D eigenvalue weighted by atomic mass is 32.2. The first-order valence-corrected chi connectivity index (χ1v) is 11.4. The second-order valence-electron chi connectivity index (χ2n) is 9.35. The van der Waals surface area contributed by atoms with Crippen LogP contribution < -0.4 is 9.62 Å². The van der Waals surface area contributed by atoms with Crippen LogP contribution in [0.15, 0.2) is 30.3 Å². The number of rotatable bonds is 5. The van der Waals surface area contributed by atoms with Gasteiger partial charge in [0.05, 0.1) is 23.2 Å². The summed E-state index contributed by atoms with van der Waals surface area (Å²) in [6.45, 7) is 13.7. The van der Waals surface area contributed by atoms with Crippen molar-refractivity contribution in [2.45, 2.75) is 59.4 Å². The van der Waals surface area contributed by atoms with Gasteiger partial charge in [0.2, 0.25) is 15.9 Å². The van der Waals surface area contributed by atoms with Gasteiger partial charge in [0.25, 0.3) is 0 Å². The maximum Gasteiger partial charge on any atom is 0.246 e. The lowest BCUT2D eigenvalue weighted by molar-refractivity contribution is -0.114. The molecule has 2 rings (SSSR count). The molecule has 0 fully saturated rings. The van der Waals surface area contributed by atoms with Gasteiger partial charge < -0.3 is 5.32 Å². The van der Waals surface area contributed by atoms with Crippen molar-refractivity contribution < 1.29 is 13.2 Å². The van der Waals surface area contributed by atoms with Gasteiger partial charge in [0.15, 0.2) is 0 Å². The van der Waals surface area contributed by atoms with E-state index in [1.54, 1.807) is 16.8 Å². The van der Waals surface area contributed by atoms with Crippen molar-refractivity contribution in [3.63, 3.8) is 0 Å². The summed E-state index contributed by atoms with van der Waals surface area (Å²) in [4.78, 5) is 12.8. The third kappa shape index (κ3) is 5.59. The van der Waals surface area contributed by atoms with Crippen molar-refractivity contribution in [1.82, 2.24) is 9.78 Å². The lowest BCUT2D eigenvalue weighted by atomic mass is 9.92. The fourth-order valence-electron chi connectivity index (χ4n) is 2.89. The van der Waals surface area contributed by atoms with E-state index in [1.807, 2.05) is 45.9 Å². The first kappa shape index (κ1) is 22.9. The molecule has 1 heterocycles. The summed E-state index contributed by atoms with van der Waals surface area (Å²) in [6.07, 6.45) is 1.10. The van der Waals surface area contributed by atoms with Gasteiger partial charge in [0.1, 0.15) is 12.4 Å². The number of aryl methyl sites for hydroxylation is 1. The van der Waals surface area contributed by atoms with Crippen LogP contribution in [0.5, 0.6) is 0 Å². The molecule has 1 aromatic heterocycles. The summed E-state index contributed by atoms with van der Waals surface area (Å²) >= 11 is 0. The maximum atomic E-state index is 12.8. The van der Waals surface area contributed by atoms with Gasteiger partial charge in [-0.05, 0) is 39.3 Å². The predicted octanol–water partition coefficient (Wildman–Crippen LogP) is 3.65. The Kier molecular flexibility index (Phi) is 6.18. The number of carbonyl (C=O) groups excluding carboxylic acids is 1. The number of sulfonamides is 1. The molecule has 7 nitrogen and oxygen atoms in total. The second-order valence-corrected chi connectivity index (χ2v) is 11.3. The smallest absolute Gasteiger partial charge is 0.246 e. The minimum absolute atomic E-state index is 0.185. The molecule has 8 heteroatoms. The zero-order valence-corrected chi connectivity index (χ0v) is 19.4. The molecule has 2 aromatic rings. The van der Waals surface area contributed by atoms with Crippen LogP contribution >= 0.6 is 0 Å². The topological polar surface area (TPSA) is 84.3 Å². The molecule has 160 valence electrons. The average molecular weight is 421 g/mol. The van der Waals surface area contributed by atoms with E-state index in [9.17, 15) is 13.2 Å². The third-order valence-electron chi connectivity index (χ3n) is 4.45. The largest absolute Gasteiger partial charge is 0.309 e. The lowest BCUT2D eigenvalue weighted by Gasteiger charge is -2.25. The Hall–Kier alpha value is -2.35. The first-order valence-electron chi connectivity index (χ1n) is 9.55. The van der Waals surface area contributed by atoms with Gasteiger partial charge >= 0.3 is 0 Å². The van der Waals surface area contributed by atoms with Crippen molar-refractivity contribution in [3.8, 4) is 0 Å². The Morgan fingerprint density at radius 3 is 2.21 bits per heavy atom. The molecule has 1 amide bonds. The van der Waals surface area contributed by atoms with Crippen LogP contribution in [-0.2, 0) is 25.8 Å². The van der Waals surface area contributed by atoms with Crippen molar-refractivity contribution >= 4 is 27.4 Å². The van der Waals surface area contributed by atoms with Gasteiger partial charge in [-0.15, -0.1) is 0 Å². The van der Waals surface area contributed by atoms with Crippen molar-refractivity contribution in [1.29, 1.82) is 0 Å². The van der Waals surface area contributed by atoms with Gasteiger partial charge in [-0.1, -0.05) is 39.0 Å². The van der Waals surface area contributed by atoms with Crippen molar-refractivity contribution in [2.24, 2.45) is 0 Å². The van der Waals surface area contributed by atoms with Crippen LogP contribution in [-0.4, -0.2) is 36.9 Å². The van der Waals surface area contributed by atoms with Crippen molar-refractivity contribution in [3.05, 3.63) is 41.6 Å². The molecule has 0 spiro atoms. The zero-order valence-electron chi connectivity index (χ0n) is 18.6. The number of amides is 1. The fourth-order valence-corrected chi connectivity index (χ4v) is 3.80. The fraction of sp³-hybridized carbons (Fsp3) is 0.524. The van der Waals surface area contributed by atoms with Crippen LogP contribution in [0.3, 0.4) is 0 Å². The number of benzene rings is 1. The number of carbonyl (C=O) groups is 1. The number of hydrogen-bond acceptors (Lipinski definition) is 4. The van der Waals surface area contributed by atoms with E-state index in [-0.39, 0.29) is 17.5 Å². The molecule has 1 N–H and O–H groups in total. The molecule has 0 atom stereocenters. The lowest BCUT2D eigenvalue weighted by Crippen LogP contribution is -2.38. The summed E-state index contributed by atoms with van der Waals surface area (Å²) in [7, 11) is -3.63. The molecule has 0 aliphatic carbocycles. The molecule has 0 unspecified atom stereocenters. The number of nitrogens with zero attached hydrogens (tertiary/aromatic N) is 3. The average Bonchev–Trinajstić information content (AvgIpc) is 2.96. The summed E-state index contributed by atoms with van der Waals surface area (Å²) < 4.78 is 27.6. The molecule has 0 saturated heterocycles. The van der Waals surface area contributed by atoms with E-state index in [0.29, 0.717) is 11.5 Å². The summed E-state index contributed by atoms with van der Waals surface area (Å²) in [6, 6.07) is 8.94. The molecular weight excluding hydrogens is 388 g/mol. The van der Waals surface area contributed by atoms with Crippen LogP contribution in [0.25, 0.3) is 0 Å². The zero-order chi connectivity index (χ0) is 22.2. The summed E-state index contributed by atoms with van der Waals surface area (Å²) in [5.74, 6) is 0.121. The van der Waals surface area contributed by atoms with E-state index < -0.39 is 15.9 Å². The van der Waals surface area contributed by atoms with Crippen LogP contribution in [0, 0.1) is 6.92 Å². The summed E-state index contributed by atoms with van der Waals surface area (Å²) in [5.41, 5.74) is 1.58. The Morgan fingerprint density at radius 1 is 1.14 bits per heavy atom. The Balaban J connectivity index is 2.36. The Bertz CT molecular complexity index is 996. The highest BCUT2D eigenvalue weighted by molar-refractivity contribution is 7.92. The Morgan fingerprint density at radius 2 is 1.72 bits per heavy atom. The quantitative estimate of drug-likeness (QED) is 0.800. The SMILES string of the molecule is Cc1ccccc1N(CC(=O)Nc1cc(C(C)(C)C)nn1C(C)(C)C)S(C)(=O)=O. The van der Waals surface area contributed by atoms with Crippen LogP contribution in [0.2, 0.25) is 0 Å². The Labute approximate surface area is 174 Å². The normalized spacial score (nSPS) is 12.7. The highest BCUT2D eigenvalue weighted by Crippen LogP contribution is 2.28. The standard InChI is InChI=1S/C21H32N4O3S/c1-15-11-9-10-12-16(15)24(29(8,27)28)14-19(26)22-18-13-17(20(2,3)4)23-25(18)21(5,6)7/h9-13H,14H2,1-8H3,(H,22,26). The van der Waals surface area contributed by atoms with Gasteiger partial charge in [-0.25, -0.2) is 13.1 Å². The highest BCUT2D eigenvalue weighted by Gasteiger charge is 2.27. The van der Waals surface area contributed by atoms with Gasteiger partial charge in [-0.2, -0.15) is 5.10 Å². The molecule has 0 aliphatic rings. The number of nitrogens with one attached hydrogen (secondary N) is 1. The van der Waals surface area contributed by atoms with E-state index in [2.05, 4.69) is 31.2 Å². The van der Waals surface area contributed by atoms with Gasteiger partial charge in [0, 0.05) is 11.5 Å². The summed E-state index contributed by atoms with van der Waals surface area (Å²) in [5, 5.41) is 7.53. The minimum atomic E-state index is -3.63. The molecule has 0 bridgehead atoms. The minimum Gasteiger partial charge on any atom is -0.309 e. The molecule has 0 radical (unpaired) electrons. The second kappa shape index (κ2) is 7.82. The van der Waals surface area contributed by atoms with E-state index in [1.165, 1.54) is 0 Å². The number of aromatic nitrogens is 2. The molecule has 0 aliphatic heterocycles. The molecule has 1 aromatic carbocycles. The van der Waals surface area contributed by atoms with Crippen LogP contribution in [0.1, 0.15) is 52.8 Å². The monoisotopic (exact) mass is 420 g/mol. The first-order chi connectivity index (χ1) is 13.1. The van der Waals surface area contributed by atoms with E-state index >= 15 is 0 Å². The van der Waals surface area contributed by atoms with Gasteiger partial charge in [-0.3, -0.25) is 9.10 Å². The number of para-hydroxylation sites is 1. The number of hydrogen-bond donors (Lipinski definition) is 1. The molecular formula is C21H32N4O3S. The van der Waals surface area contributed by atoms with Crippen molar-refractivity contribution in [2.75, 3.05) is 22.4 Å². The molecule has 0 saturated carbocycles.